The molecular formula is C11H7F7S. The fraction of sp³-hybridized carbons (Fsp3) is 0.273. The van der Waals surface area contributed by atoms with E-state index in [2.05, 4.69) is 0 Å². The van der Waals surface area contributed by atoms with Crippen LogP contribution in [0.25, 0.3) is 0 Å². The number of rotatable bonds is 3. The molecule has 0 fully saturated rings. The van der Waals surface area contributed by atoms with E-state index in [0.29, 0.717) is 5.56 Å². The number of allylic oxidation sites excluding steroid dienone is 1. The highest BCUT2D eigenvalue weighted by molar-refractivity contribution is 8.02. The molecule has 8 heteroatoms. The van der Waals surface area contributed by atoms with Gasteiger partial charge in [0.25, 0.3) is 0 Å². The van der Waals surface area contributed by atoms with Crippen molar-refractivity contribution in [1.29, 1.82) is 0 Å². The first kappa shape index (κ1) is 15.9. The third-order valence-electron chi connectivity index (χ3n) is 1.97. The Labute approximate surface area is 108 Å². The number of hydrogen-bond donors (Lipinski definition) is 0. The summed E-state index contributed by atoms with van der Waals surface area (Å²) >= 11 is -0.136. The zero-order valence-electron chi connectivity index (χ0n) is 9.15. The largest absolute Gasteiger partial charge is 0.424 e. The molecule has 0 aliphatic heterocycles. The molecule has 0 N–H and O–H groups in total. The smallest absolute Gasteiger partial charge is 0.199 e. The van der Waals surface area contributed by atoms with Crippen LogP contribution in [0.4, 0.5) is 30.7 Å². The van der Waals surface area contributed by atoms with Crippen LogP contribution in [0.1, 0.15) is 5.56 Å². The van der Waals surface area contributed by atoms with Gasteiger partial charge in [0.1, 0.15) is 0 Å². The van der Waals surface area contributed by atoms with Gasteiger partial charge >= 0.3 is 12.4 Å². The molecule has 0 saturated carbocycles. The van der Waals surface area contributed by atoms with E-state index < -0.39 is 23.1 Å². The number of hydrogen-bond acceptors (Lipinski definition) is 1. The van der Waals surface area contributed by atoms with Crippen molar-refractivity contribution in [2.75, 3.05) is 0 Å². The molecule has 0 unspecified atom stereocenters. The summed E-state index contributed by atoms with van der Waals surface area (Å²) in [6.45, 7) is 0. The van der Waals surface area contributed by atoms with Gasteiger partial charge in [0.2, 0.25) is 0 Å². The third kappa shape index (κ3) is 4.77. The predicted molar refractivity (Wildman–Crippen MR) is 58.0 cm³/mol. The molecule has 1 rings (SSSR count). The minimum atomic E-state index is -5.77. The molecule has 0 heterocycles. The first-order valence-electron chi connectivity index (χ1n) is 4.83. The van der Waals surface area contributed by atoms with Crippen LogP contribution in [-0.4, -0.2) is 12.4 Å². The molecule has 1 aromatic rings. The summed E-state index contributed by atoms with van der Waals surface area (Å²) in [4.78, 5) is 0. The van der Waals surface area contributed by atoms with Gasteiger partial charge in [0.05, 0.1) is 0 Å². The summed E-state index contributed by atoms with van der Waals surface area (Å²) < 4.78 is 86.1. The molecule has 106 valence electrons. The molecule has 0 spiro atoms. The summed E-state index contributed by atoms with van der Waals surface area (Å²) in [5.74, 6) is -0.317. The van der Waals surface area contributed by atoms with Crippen LogP contribution >= 0.6 is 11.8 Å². The van der Waals surface area contributed by atoms with E-state index in [9.17, 15) is 30.7 Å². The van der Waals surface area contributed by atoms with E-state index in [0.717, 1.165) is 0 Å². The molecule has 0 aliphatic rings. The van der Waals surface area contributed by atoms with Gasteiger partial charge in [-0.3, -0.25) is 0 Å². The minimum absolute atomic E-state index is 0.136. The van der Waals surface area contributed by atoms with E-state index >= 15 is 0 Å². The van der Waals surface area contributed by atoms with Gasteiger partial charge in [0.15, 0.2) is 10.7 Å². The highest BCUT2D eigenvalue weighted by Gasteiger charge is 2.53. The van der Waals surface area contributed by atoms with Crippen LogP contribution in [0.5, 0.6) is 0 Å². The number of alkyl halides is 6. The van der Waals surface area contributed by atoms with Crippen molar-refractivity contribution in [2.24, 2.45) is 0 Å². The second-order valence-corrected chi connectivity index (χ2v) is 4.35. The van der Waals surface area contributed by atoms with Crippen molar-refractivity contribution >= 4 is 11.8 Å². The van der Waals surface area contributed by atoms with Crippen LogP contribution in [-0.2, 0) is 5.75 Å². The van der Waals surface area contributed by atoms with Crippen molar-refractivity contribution in [3.63, 3.8) is 0 Å². The van der Waals surface area contributed by atoms with Gasteiger partial charge in [-0.25, -0.2) is 0 Å². The summed E-state index contributed by atoms with van der Waals surface area (Å²) in [7, 11) is 0. The van der Waals surface area contributed by atoms with Crippen molar-refractivity contribution in [3.05, 3.63) is 46.6 Å². The van der Waals surface area contributed by atoms with E-state index in [4.69, 9.17) is 0 Å². The Kier molecular flexibility index (Phi) is 4.89. The fourth-order valence-corrected chi connectivity index (χ4v) is 2.04. The monoisotopic (exact) mass is 304 g/mol. The van der Waals surface area contributed by atoms with Gasteiger partial charge in [-0.15, -0.1) is 0 Å². The standard InChI is InChI=1S/C11H7F7S/c12-9(8(10(13,14)15)11(16,17)18)19-6-7-4-2-1-3-5-7/h1-5H,6H2. The molecule has 0 amide bonds. The number of benzene rings is 1. The lowest BCUT2D eigenvalue weighted by molar-refractivity contribution is -0.173. The van der Waals surface area contributed by atoms with Crippen LogP contribution < -0.4 is 0 Å². The van der Waals surface area contributed by atoms with E-state index in [1.54, 1.807) is 18.2 Å². The number of thioether (sulfide) groups is 1. The van der Waals surface area contributed by atoms with Crippen LogP contribution in [0, 0.1) is 0 Å². The second kappa shape index (κ2) is 5.85. The van der Waals surface area contributed by atoms with Crippen LogP contribution in [0.2, 0.25) is 0 Å². The Morgan fingerprint density at radius 3 is 1.79 bits per heavy atom. The zero-order chi connectivity index (χ0) is 14.7. The van der Waals surface area contributed by atoms with Crippen LogP contribution in [0.3, 0.4) is 0 Å². The summed E-state index contributed by atoms with van der Waals surface area (Å²) in [6.07, 6.45) is -11.5. The SMILES string of the molecule is FC(SCc1ccccc1)=C(C(F)(F)F)C(F)(F)F. The van der Waals surface area contributed by atoms with Crippen molar-refractivity contribution in [3.8, 4) is 0 Å². The highest BCUT2D eigenvalue weighted by atomic mass is 32.2. The normalized spacial score (nSPS) is 12.4. The van der Waals surface area contributed by atoms with Gasteiger partial charge < -0.3 is 0 Å². The first-order chi connectivity index (χ1) is 8.62. The molecule has 1 aromatic carbocycles. The van der Waals surface area contributed by atoms with Gasteiger partial charge in [-0.1, -0.05) is 42.1 Å². The van der Waals surface area contributed by atoms with E-state index in [1.807, 2.05) is 0 Å². The van der Waals surface area contributed by atoms with Crippen molar-refractivity contribution in [1.82, 2.24) is 0 Å². The Morgan fingerprint density at radius 2 is 1.37 bits per heavy atom. The molecule has 0 aliphatic carbocycles. The molecule has 19 heavy (non-hydrogen) atoms. The maximum Gasteiger partial charge on any atom is 0.424 e. The third-order valence-corrected chi connectivity index (χ3v) is 2.91. The lowest BCUT2D eigenvalue weighted by Crippen LogP contribution is -2.27. The zero-order valence-corrected chi connectivity index (χ0v) is 9.96. The Morgan fingerprint density at radius 1 is 0.895 bits per heavy atom. The average molecular weight is 304 g/mol. The Hall–Kier alpha value is -1.18. The van der Waals surface area contributed by atoms with Crippen LogP contribution in [0.15, 0.2) is 41.1 Å². The molecular weight excluding hydrogens is 297 g/mol. The number of halogens is 7. The molecule has 0 saturated heterocycles. The molecule has 0 bridgehead atoms. The molecule has 0 atom stereocenters. The topological polar surface area (TPSA) is 0 Å². The molecule has 0 aromatic heterocycles. The average Bonchev–Trinajstić information content (AvgIpc) is 2.24. The summed E-state index contributed by atoms with van der Waals surface area (Å²) in [5.41, 5.74) is -2.67. The fourth-order valence-electron chi connectivity index (χ4n) is 1.18. The Bertz CT molecular complexity index is 428. The lowest BCUT2D eigenvalue weighted by Gasteiger charge is -2.15. The predicted octanol–water partition coefficient (Wildman–Crippen LogP) is 5.23. The maximum atomic E-state index is 13.1. The first-order valence-corrected chi connectivity index (χ1v) is 5.82. The maximum absolute atomic E-state index is 13.1. The van der Waals surface area contributed by atoms with E-state index in [-0.39, 0.29) is 17.5 Å². The summed E-state index contributed by atoms with van der Waals surface area (Å²) in [5, 5.41) is -2.27. The molecule has 0 radical (unpaired) electrons. The minimum Gasteiger partial charge on any atom is -0.199 e. The summed E-state index contributed by atoms with van der Waals surface area (Å²) in [6, 6.07) is 7.66. The van der Waals surface area contributed by atoms with Gasteiger partial charge in [0, 0.05) is 5.75 Å². The quantitative estimate of drug-likeness (QED) is 0.689. The van der Waals surface area contributed by atoms with Crippen molar-refractivity contribution in [2.45, 2.75) is 18.1 Å². The second-order valence-electron chi connectivity index (χ2n) is 3.42. The molecule has 0 nitrogen and oxygen atoms in total. The van der Waals surface area contributed by atoms with Crippen molar-refractivity contribution < 1.29 is 30.7 Å². The van der Waals surface area contributed by atoms with Gasteiger partial charge in [-0.05, 0) is 5.56 Å². The lowest BCUT2D eigenvalue weighted by atomic mass is 10.2. The highest BCUT2D eigenvalue weighted by Crippen LogP contribution is 2.44. The van der Waals surface area contributed by atoms with Gasteiger partial charge in [-0.2, -0.15) is 30.7 Å². The Balaban J connectivity index is 2.92. The van der Waals surface area contributed by atoms with E-state index in [1.165, 1.54) is 12.1 Å².